The number of benzene rings is 2. The molecule has 0 saturated heterocycles. The van der Waals surface area contributed by atoms with Gasteiger partial charge in [-0.05, 0) is 25.0 Å². The predicted octanol–water partition coefficient (Wildman–Crippen LogP) is 2.88. The molecule has 11 heteroatoms. The lowest BCUT2D eigenvalue weighted by molar-refractivity contribution is -0.146. The molecule has 0 aliphatic heterocycles. The molecule has 3 rings (SSSR count). The third-order valence-electron chi connectivity index (χ3n) is 5.26. The maximum Gasteiger partial charge on any atom is 0.419 e. The first-order chi connectivity index (χ1) is 17.6. The van der Waals surface area contributed by atoms with Crippen LogP contribution in [0.2, 0.25) is 0 Å². The molecular weight excluding hydrogens is 480 g/mol. The van der Waals surface area contributed by atoms with E-state index in [-0.39, 0.29) is 25.3 Å². The molecule has 0 spiro atoms. The smallest absolute Gasteiger partial charge is 0.419 e. The van der Waals surface area contributed by atoms with E-state index in [2.05, 4.69) is 15.6 Å². The minimum Gasteiger partial charge on any atom is -0.480 e. The number of carboxylic acid groups (broad SMARTS) is 1. The van der Waals surface area contributed by atoms with Crippen LogP contribution in [0.5, 0.6) is 0 Å². The van der Waals surface area contributed by atoms with Crippen LogP contribution in [0.1, 0.15) is 30.7 Å². The lowest BCUT2D eigenvalue weighted by atomic mass is 10.0. The van der Waals surface area contributed by atoms with Gasteiger partial charge in [-0.3, -0.25) is 4.79 Å². The van der Waals surface area contributed by atoms with Gasteiger partial charge in [-0.1, -0.05) is 60.7 Å². The summed E-state index contributed by atoms with van der Waals surface area (Å²) < 4.78 is 11.6. The van der Waals surface area contributed by atoms with Gasteiger partial charge in [0.15, 0.2) is 0 Å². The number of hydrogen-bond donors (Lipinski definition) is 3. The van der Waals surface area contributed by atoms with E-state index in [1.165, 1.54) is 26.4 Å². The van der Waals surface area contributed by atoms with Crippen molar-refractivity contribution in [2.24, 2.45) is 0 Å². The summed E-state index contributed by atoms with van der Waals surface area (Å²) in [4.78, 5) is 53.3. The van der Waals surface area contributed by atoms with Crippen molar-refractivity contribution in [1.82, 2.24) is 20.2 Å². The summed E-state index contributed by atoms with van der Waals surface area (Å²) in [6.45, 7) is 2.67. The molecule has 0 aliphatic carbocycles. The number of hydrogen-bond acceptors (Lipinski definition) is 7. The average Bonchev–Trinajstić information content (AvgIpc) is 3.35. The minimum atomic E-state index is -1.59. The van der Waals surface area contributed by atoms with Crippen molar-refractivity contribution in [2.45, 2.75) is 45.1 Å². The number of imidazole rings is 1. The fourth-order valence-electron chi connectivity index (χ4n) is 3.14. The molecule has 0 unspecified atom stereocenters. The minimum absolute atomic E-state index is 0.0243. The molecule has 3 N–H and O–H groups in total. The summed E-state index contributed by atoms with van der Waals surface area (Å²) in [6, 6.07) is 16.9. The van der Waals surface area contributed by atoms with Gasteiger partial charge in [0.05, 0.1) is 5.69 Å². The van der Waals surface area contributed by atoms with Crippen LogP contribution in [0, 0.1) is 0 Å². The molecule has 2 aromatic carbocycles. The van der Waals surface area contributed by atoms with Gasteiger partial charge in [-0.2, -0.15) is 0 Å². The quantitative estimate of drug-likeness (QED) is 0.379. The van der Waals surface area contributed by atoms with Crippen molar-refractivity contribution >= 4 is 24.1 Å². The summed E-state index contributed by atoms with van der Waals surface area (Å²) in [5.41, 5.74) is 0.255. The Kier molecular flexibility index (Phi) is 8.98. The number of nitrogens with one attached hydrogen (secondary N) is 2. The van der Waals surface area contributed by atoms with Crippen LogP contribution in [0.25, 0.3) is 0 Å². The summed E-state index contributed by atoms with van der Waals surface area (Å²) in [6.07, 6.45) is 0.908. The third kappa shape index (κ3) is 8.20. The van der Waals surface area contributed by atoms with Gasteiger partial charge in [-0.15, -0.1) is 0 Å². The Labute approximate surface area is 213 Å². The maximum atomic E-state index is 12.9. The van der Waals surface area contributed by atoms with Crippen LogP contribution in [0.15, 0.2) is 73.2 Å². The Balaban J connectivity index is 1.66. The van der Waals surface area contributed by atoms with Gasteiger partial charge in [0.2, 0.25) is 5.91 Å². The van der Waals surface area contributed by atoms with Crippen LogP contribution >= 0.6 is 0 Å². The Morgan fingerprint density at radius 2 is 1.51 bits per heavy atom. The van der Waals surface area contributed by atoms with Gasteiger partial charge in [0.25, 0.3) is 0 Å². The van der Waals surface area contributed by atoms with Gasteiger partial charge >= 0.3 is 18.2 Å². The summed E-state index contributed by atoms with van der Waals surface area (Å²) in [5, 5.41) is 14.2. The highest BCUT2D eigenvalue weighted by Crippen LogP contribution is 2.09. The standard InChI is InChI=1S/C26H28N4O7/c1-26(2,23(32)33)29-22(31)21(28-24(34)36-15-18-9-5-3-6-10-18)13-20-14-30(17-27-20)25(35)37-16-19-11-7-4-8-12-19/h3-12,14,17,21H,13,15-16H2,1-2H3,(H,28,34)(H,29,31)(H,32,33)/t21-/m0/s1. The van der Waals surface area contributed by atoms with E-state index in [0.717, 1.165) is 15.7 Å². The van der Waals surface area contributed by atoms with Gasteiger partial charge in [0, 0.05) is 12.6 Å². The van der Waals surface area contributed by atoms with Crippen molar-refractivity contribution in [1.29, 1.82) is 0 Å². The molecule has 0 fully saturated rings. The van der Waals surface area contributed by atoms with Crippen molar-refractivity contribution < 1.29 is 33.8 Å². The van der Waals surface area contributed by atoms with Crippen LogP contribution in [0.4, 0.5) is 9.59 Å². The topological polar surface area (TPSA) is 149 Å². The van der Waals surface area contributed by atoms with Gasteiger partial charge in [-0.25, -0.2) is 23.9 Å². The number of alkyl carbamates (subject to hydrolysis) is 1. The van der Waals surface area contributed by atoms with E-state index in [0.29, 0.717) is 0 Å². The lowest BCUT2D eigenvalue weighted by Gasteiger charge is -2.25. The normalized spacial score (nSPS) is 11.7. The molecule has 1 atom stereocenters. The fraction of sp³-hybridized carbons (Fsp3) is 0.269. The van der Waals surface area contributed by atoms with E-state index in [9.17, 15) is 24.3 Å². The maximum absolute atomic E-state index is 12.9. The molecule has 3 aromatic rings. The van der Waals surface area contributed by atoms with Crippen molar-refractivity contribution in [2.75, 3.05) is 0 Å². The first kappa shape index (κ1) is 26.9. The van der Waals surface area contributed by atoms with Gasteiger partial charge < -0.3 is 25.2 Å². The van der Waals surface area contributed by atoms with E-state index < -0.39 is 35.6 Å². The average molecular weight is 509 g/mol. The van der Waals surface area contributed by atoms with Crippen molar-refractivity contribution in [3.8, 4) is 0 Å². The Morgan fingerprint density at radius 1 is 0.946 bits per heavy atom. The molecular formula is C26H28N4O7. The number of ether oxygens (including phenoxy) is 2. The zero-order valence-electron chi connectivity index (χ0n) is 20.4. The molecule has 1 aromatic heterocycles. The first-order valence-corrected chi connectivity index (χ1v) is 11.4. The van der Waals surface area contributed by atoms with Gasteiger partial charge in [0.1, 0.15) is 31.1 Å². The number of carbonyl (C=O) groups is 4. The number of carbonyl (C=O) groups excluding carboxylic acids is 3. The second-order valence-corrected chi connectivity index (χ2v) is 8.69. The number of aliphatic carboxylic acids is 1. The summed E-state index contributed by atoms with van der Waals surface area (Å²) in [7, 11) is 0. The largest absolute Gasteiger partial charge is 0.480 e. The molecule has 0 radical (unpaired) electrons. The van der Waals surface area contributed by atoms with Crippen molar-refractivity contribution in [3.05, 3.63) is 90.0 Å². The Bertz CT molecular complexity index is 1230. The molecule has 11 nitrogen and oxygen atoms in total. The summed E-state index contributed by atoms with van der Waals surface area (Å²) in [5.74, 6) is -2.01. The SMILES string of the molecule is CC(C)(NC(=O)[C@H](Cc1cn(C(=O)OCc2ccccc2)cn1)NC(=O)OCc1ccccc1)C(=O)O. The van der Waals surface area contributed by atoms with Crippen LogP contribution in [-0.4, -0.2) is 50.3 Å². The second-order valence-electron chi connectivity index (χ2n) is 8.69. The molecule has 0 aliphatic rings. The van der Waals surface area contributed by atoms with E-state index in [1.54, 1.807) is 24.3 Å². The second kappa shape index (κ2) is 12.3. The molecule has 194 valence electrons. The predicted molar refractivity (Wildman–Crippen MR) is 131 cm³/mol. The highest BCUT2D eigenvalue weighted by atomic mass is 16.6. The van der Waals surface area contributed by atoms with Crippen molar-refractivity contribution in [3.63, 3.8) is 0 Å². The number of rotatable bonds is 10. The monoisotopic (exact) mass is 508 g/mol. The third-order valence-corrected chi connectivity index (χ3v) is 5.26. The highest BCUT2D eigenvalue weighted by Gasteiger charge is 2.33. The molecule has 2 amide bonds. The zero-order valence-corrected chi connectivity index (χ0v) is 20.4. The number of aromatic nitrogens is 2. The molecule has 37 heavy (non-hydrogen) atoms. The van der Waals surface area contributed by atoms with Crippen LogP contribution < -0.4 is 10.6 Å². The van der Waals surface area contributed by atoms with Crippen LogP contribution in [-0.2, 0) is 38.7 Å². The number of amides is 2. The number of carboxylic acids is 1. The zero-order chi connectivity index (χ0) is 26.8. The molecule has 0 saturated carbocycles. The Morgan fingerprint density at radius 3 is 2.08 bits per heavy atom. The van der Waals surface area contributed by atoms with E-state index in [1.807, 2.05) is 36.4 Å². The fourth-order valence-corrected chi connectivity index (χ4v) is 3.14. The molecule has 0 bridgehead atoms. The first-order valence-electron chi connectivity index (χ1n) is 11.4. The highest BCUT2D eigenvalue weighted by molar-refractivity contribution is 5.91. The number of nitrogens with zero attached hydrogens (tertiary/aromatic N) is 2. The van der Waals surface area contributed by atoms with Crippen LogP contribution in [0.3, 0.4) is 0 Å². The molecule has 1 heterocycles. The van der Waals surface area contributed by atoms with E-state index >= 15 is 0 Å². The van der Waals surface area contributed by atoms with E-state index in [4.69, 9.17) is 9.47 Å². The Hall–Kier alpha value is -4.67. The lowest BCUT2D eigenvalue weighted by Crippen LogP contribution is -2.57. The summed E-state index contributed by atoms with van der Waals surface area (Å²) >= 11 is 0.